The number of rotatable bonds is 7. The third-order valence-corrected chi connectivity index (χ3v) is 8.92. The summed E-state index contributed by atoms with van der Waals surface area (Å²) >= 11 is 1.25. The average Bonchev–Trinajstić information content (AvgIpc) is 3.49. The van der Waals surface area contributed by atoms with Gasteiger partial charge in [0.25, 0.3) is 0 Å². The number of esters is 1. The van der Waals surface area contributed by atoms with Crippen molar-refractivity contribution in [1.29, 1.82) is 0 Å². The molecule has 214 valence electrons. The predicted octanol–water partition coefficient (Wildman–Crippen LogP) is 4.28. The van der Waals surface area contributed by atoms with Gasteiger partial charge in [0.05, 0.1) is 18.9 Å². The van der Waals surface area contributed by atoms with Crippen LogP contribution in [0.5, 0.6) is 0 Å². The molecule has 0 atom stereocenters. The van der Waals surface area contributed by atoms with Gasteiger partial charge in [0.2, 0.25) is 11.8 Å². The van der Waals surface area contributed by atoms with Crippen molar-refractivity contribution in [1.82, 2.24) is 4.90 Å². The second kappa shape index (κ2) is 12.1. The Morgan fingerprint density at radius 3 is 2.36 bits per heavy atom. The number of thiophene rings is 1. The van der Waals surface area contributed by atoms with Crippen LogP contribution in [-0.4, -0.2) is 55.5 Å². The fraction of sp³-hybridized carbons (Fsp3) is 0.643. The lowest BCUT2D eigenvalue weighted by Crippen LogP contribution is -2.49. The van der Waals surface area contributed by atoms with Crippen molar-refractivity contribution in [3.63, 3.8) is 0 Å². The Morgan fingerprint density at radius 1 is 1.10 bits per heavy atom. The van der Waals surface area contributed by atoms with E-state index < -0.39 is 11.8 Å². The number of carbonyl (C=O) groups is 3. The Morgan fingerprint density at radius 2 is 1.77 bits per heavy atom. The normalized spacial score (nSPS) is 20.1. The van der Waals surface area contributed by atoms with Crippen LogP contribution in [-0.2, 0) is 31.1 Å². The molecule has 1 saturated carbocycles. The van der Waals surface area contributed by atoms with Crippen molar-refractivity contribution < 1.29 is 32.7 Å². The molecule has 0 radical (unpaired) electrons. The van der Waals surface area contributed by atoms with Gasteiger partial charge in [-0.1, -0.05) is 27.7 Å². The molecule has 2 aromatic heterocycles. The van der Waals surface area contributed by atoms with E-state index >= 15 is 0 Å². The van der Waals surface area contributed by atoms with E-state index in [0.29, 0.717) is 37.9 Å². The number of aryl methyl sites for hydroxylation is 1. The number of anilines is 1. The van der Waals surface area contributed by atoms with Crippen molar-refractivity contribution in [2.45, 2.75) is 72.3 Å². The van der Waals surface area contributed by atoms with Crippen molar-refractivity contribution >= 4 is 34.8 Å². The van der Waals surface area contributed by atoms with E-state index in [1.54, 1.807) is 11.8 Å². The maximum Gasteiger partial charge on any atom is 0.519 e. The molecule has 0 bridgehead atoms. The molecule has 11 heteroatoms. The lowest BCUT2D eigenvalue weighted by molar-refractivity contribution is -0.135. The van der Waals surface area contributed by atoms with Crippen LogP contribution in [0.4, 0.5) is 5.69 Å². The highest BCUT2D eigenvalue weighted by molar-refractivity contribution is 7.14. The molecule has 3 heterocycles. The van der Waals surface area contributed by atoms with Gasteiger partial charge in [-0.25, -0.2) is 9.59 Å². The van der Waals surface area contributed by atoms with Gasteiger partial charge < -0.3 is 28.1 Å². The summed E-state index contributed by atoms with van der Waals surface area (Å²) in [6.45, 7) is 11.2. The van der Waals surface area contributed by atoms with Gasteiger partial charge in [-0.3, -0.25) is 9.59 Å². The molecule has 39 heavy (non-hydrogen) atoms. The van der Waals surface area contributed by atoms with Crippen LogP contribution in [0.2, 0.25) is 0 Å². The van der Waals surface area contributed by atoms with Crippen LogP contribution < -0.4 is 10.7 Å². The highest BCUT2D eigenvalue weighted by Crippen LogP contribution is 2.40. The van der Waals surface area contributed by atoms with Crippen molar-refractivity contribution in [3.05, 3.63) is 38.0 Å². The lowest BCUT2D eigenvalue weighted by atomic mass is 9.82. The topological polar surface area (TPSA) is 120 Å². The van der Waals surface area contributed by atoms with E-state index in [1.165, 1.54) is 16.2 Å². The molecule has 0 N–H and O–H groups in total. The molecule has 2 aromatic rings. The van der Waals surface area contributed by atoms with E-state index in [1.807, 2.05) is 26.8 Å². The van der Waals surface area contributed by atoms with E-state index in [0.717, 1.165) is 30.6 Å². The molecule has 0 aromatic carbocycles. The molecule has 4 rings (SSSR count). The van der Waals surface area contributed by atoms with Crippen molar-refractivity contribution in [2.24, 2.45) is 11.8 Å². The maximum atomic E-state index is 14.0. The van der Waals surface area contributed by atoms with Crippen LogP contribution in [0.3, 0.4) is 0 Å². The van der Waals surface area contributed by atoms with E-state index in [2.05, 4.69) is 6.92 Å². The SMILES string of the molecule is Cc1oc(=O)oc1COC(=O)c1sc(C(C)(C)C)cc1N(CC(=O)N1CCOCC1)C(=O)[C@H]1CC[C@H](C)CC1. The summed E-state index contributed by atoms with van der Waals surface area (Å²) in [5.41, 5.74) is 0.0697. The molecule has 1 saturated heterocycles. The minimum absolute atomic E-state index is 0.120. The minimum Gasteiger partial charge on any atom is -0.453 e. The van der Waals surface area contributed by atoms with Gasteiger partial charge in [0.15, 0.2) is 18.1 Å². The average molecular weight is 563 g/mol. The summed E-state index contributed by atoms with van der Waals surface area (Å²) in [4.78, 5) is 56.5. The summed E-state index contributed by atoms with van der Waals surface area (Å²) in [7, 11) is 0. The first-order chi connectivity index (χ1) is 18.4. The molecule has 1 aliphatic heterocycles. The van der Waals surface area contributed by atoms with Crippen LogP contribution in [0.15, 0.2) is 19.7 Å². The second-order valence-corrected chi connectivity index (χ2v) is 12.5. The zero-order valence-electron chi connectivity index (χ0n) is 23.4. The van der Waals surface area contributed by atoms with Crippen LogP contribution in [0, 0.1) is 18.8 Å². The standard InChI is InChI=1S/C28H38N2O8S/c1-17-6-8-19(9-7-17)25(32)30(15-23(31)29-10-12-35-13-11-29)20-14-22(28(3,4)5)39-24(20)26(33)36-16-21-18(2)37-27(34)38-21/h14,17,19H,6-13,15-16H2,1-5H3/t17-,19-. The monoisotopic (exact) mass is 562 g/mol. The van der Waals surface area contributed by atoms with E-state index in [9.17, 15) is 19.2 Å². The van der Waals surface area contributed by atoms with Gasteiger partial charge in [-0.2, -0.15) is 0 Å². The summed E-state index contributed by atoms with van der Waals surface area (Å²) in [5, 5.41) is 0. The number of morpholine rings is 1. The van der Waals surface area contributed by atoms with Gasteiger partial charge in [0, 0.05) is 23.9 Å². The van der Waals surface area contributed by atoms with Crippen molar-refractivity contribution in [3.8, 4) is 0 Å². The minimum atomic E-state index is -0.870. The quantitative estimate of drug-likeness (QED) is 0.459. The Hall–Kier alpha value is -2.92. The molecule has 2 fully saturated rings. The Balaban J connectivity index is 1.67. The van der Waals surface area contributed by atoms with Gasteiger partial charge >= 0.3 is 11.8 Å². The molecule has 1 aliphatic carbocycles. The molecule has 0 spiro atoms. The van der Waals surface area contributed by atoms with Crippen LogP contribution in [0.25, 0.3) is 0 Å². The number of hydrogen-bond donors (Lipinski definition) is 0. The maximum absolute atomic E-state index is 14.0. The third-order valence-electron chi connectivity index (χ3n) is 7.39. The third kappa shape index (κ3) is 7.00. The highest BCUT2D eigenvalue weighted by Gasteiger charge is 2.35. The molecule has 0 unspecified atom stereocenters. The first kappa shape index (κ1) is 29.1. The molecular formula is C28H38N2O8S. The first-order valence-electron chi connectivity index (χ1n) is 13.5. The van der Waals surface area contributed by atoms with Crippen LogP contribution >= 0.6 is 11.3 Å². The Bertz CT molecular complexity index is 1240. The Labute approximate surface area is 232 Å². The fourth-order valence-electron chi connectivity index (χ4n) is 4.86. The largest absolute Gasteiger partial charge is 0.519 e. The number of amides is 2. The van der Waals surface area contributed by atoms with Gasteiger partial charge in [-0.15, -0.1) is 11.3 Å². The lowest BCUT2D eigenvalue weighted by Gasteiger charge is -2.33. The summed E-state index contributed by atoms with van der Waals surface area (Å²) in [5.74, 6) is -1.18. The zero-order chi connectivity index (χ0) is 28.3. The number of nitrogens with zero attached hydrogens (tertiary/aromatic N) is 2. The molecular weight excluding hydrogens is 524 g/mol. The number of hydrogen-bond acceptors (Lipinski definition) is 9. The molecule has 10 nitrogen and oxygen atoms in total. The van der Waals surface area contributed by atoms with E-state index in [4.69, 9.17) is 18.3 Å². The highest BCUT2D eigenvalue weighted by atomic mass is 32.1. The zero-order valence-corrected chi connectivity index (χ0v) is 24.2. The summed E-state index contributed by atoms with van der Waals surface area (Å²) < 4.78 is 20.7. The van der Waals surface area contributed by atoms with Gasteiger partial charge in [0.1, 0.15) is 11.4 Å². The number of carbonyl (C=O) groups excluding carboxylic acids is 3. The molecule has 2 aliphatic rings. The van der Waals surface area contributed by atoms with Crippen LogP contribution in [0.1, 0.15) is 79.4 Å². The summed E-state index contributed by atoms with van der Waals surface area (Å²) in [6, 6.07) is 1.83. The van der Waals surface area contributed by atoms with Crippen molar-refractivity contribution in [2.75, 3.05) is 37.7 Å². The van der Waals surface area contributed by atoms with Gasteiger partial charge in [-0.05, 0) is 50.0 Å². The van der Waals surface area contributed by atoms with E-state index in [-0.39, 0.29) is 52.7 Å². The number of ether oxygens (including phenoxy) is 2. The fourth-order valence-corrected chi connectivity index (χ4v) is 5.97. The second-order valence-electron chi connectivity index (χ2n) is 11.5. The predicted molar refractivity (Wildman–Crippen MR) is 145 cm³/mol. The smallest absolute Gasteiger partial charge is 0.453 e. The first-order valence-corrected chi connectivity index (χ1v) is 14.3. The molecule has 2 amide bonds. The Kier molecular flexibility index (Phi) is 9.00. The summed E-state index contributed by atoms with van der Waals surface area (Å²) in [6.07, 6.45) is 3.39.